The average Bonchev–Trinajstić information content (AvgIpc) is 2.94. The Hall–Kier alpha value is -1.95. The van der Waals surface area contributed by atoms with Crippen molar-refractivity contribution in [3.8, 4) is 5.75 Å². The highest BCUT2D eigenvalue weighted by Crippen LogP contribution is 2.17. The summed E-state index contributed by atoms with van der Waals surface area (Å²) in [5, 5.41) is 0.957. The first kappa shape index (κ1) is 14.5. The maximum absolute atomic E-state index is 11.9. The van der Waals surface area contributed by atoms with Crippen LogP contribution in [-0.4, -0.2) is 23.0 Å². The summed E-state index contributed by atoms with van der Waals surface area (Å²) in [6.45, 7) is 2.20. The Morgan fingerprint density at radius 1 is 1.40 bits per heavy atom. The van der Waals surface area contributed by atoms with Crippen molar-refractivity contribution in [3.63, 3.8) is 0 Å². The summed E-state index contributed by atoms with van der Waals surface area (Å²) in [4.78, 5) is 20.7. The van der Waals surface area contributed by atoms with Crippen molar-refractivity contribution < 1.29 is 14.3 Å². The van der Waals surface area contributed by atoms with E-state index in [1.54, 1.807) is 31.6 Å². The Morgan fingerprint density at radius 2 is 2.25 bits per heavy atom. The van der Waals surface area contributed by atoms with E-state index in [2.05, 4.69) is 16.9 Å². The first-order valence-electron chi connectivity index (χ1n) is 6.33. The number of hydrogen-bond donors (Lipinski definition) is 0. The minimum Gasteiger partial charge on any atom is -0.497 e. The van der Waals surface area contributed by atoms with Gasteiger partial charge in [0.2, 0.25) is 0 Å². The van der Waals surface area contributed by atoms with Crippen LogP contribution in [0.25, 0.3) is 0 Å². The number of thiazole rings is 1. The first-order valence-corrected chi connectivity index (χ1v) is 7.15. The Morgan fingerprint density at radius 3 is 3.00 bits per heavy atom. The summed E-state index contributed by atoms with van der Waals surface area (Å²) in [6, 6.07) is 3.48. The lowest BCUT2D eigenvalue weighted by molar-refractivity contribution is 0.0473. The number of nitrogens with zero attached hydrogens (tertiary/aromatic N) is 2. The first-order chi connectivity index (χ1) is 9.72. The molecule has 0 saturated carbocycles. The molecule has 0 aromatic carbocycles. The number of carbonyl (C=O) groups is 1. The second-order valence-corrected chi connectivity index (χ2v) is 5.25. The Bertz CT molecular complexity index is 583. The number of carbonyl (C=O) groups excluding carboxylic acids is 1. The molecule has 0 fully saturated rings. The van der Waals surface area contributed by atoms with E-state index >= 15 is 0 Å². The molecular formula is C14H16N2O3S. The zero-order valence-electron chi connectivity index (χ0n) is 11.5. The van der Waals surface area contributed by atoms with Crippen molar-refractivity contribution in [1.82, 2.24) is 9.97 Å². The molecule has 0 radical (unpaired) electrons. The summed E-state index contributed by atoms with van der Waals surface area (Å²) >= 11 is 1.38. The molecule has 0 bridgehead atoms. The molecular weight excluding hydrogens is 276 g/mol. The normalized spacial score (nSPS) is 10.3. The van der Waals surface area contributed by atoms with Gasteiger partial charge < -0.3 is 9.47 Å². The van der Waals surface area contributed by atoms with E-state index in [1.165, 1.54) is 11.3 Å². The molecule has 0 spiro atoms. The Balaban J connectivity index is 1.93. The van der Waals surface area contributed by atoms with Gasteiger partial charge in [0.1, 0.15) is 17.2 Å². The molecule has 2 aromatic rings. The zero-order valence-corrected chi connectivity index (χ0v) is 12.3. The summed E-state index contributed by atoms with van der Waals surface area (Å²) in [6.07, 6.45) is 5.08. The van der Waals surface area contributed by atoms with Crippen molar-refractivity contribution in [2.24, 2.45) is 0 Å². The number of ether oxygens (including phenoxy) is 2. The molecule has 0 saturated heterocycles. The van der Waals surface area contributed by atoms with Crippen LogP contribution in [0.2, 0.25) is 0 Å². The van der Waals surface area contributed by atoms with Crippen LogP contribution in [0.5, 0.6) is 5.75 Å². The van der Waals surface area contributed by atoms with E-state index in [-0.39, 0.29) is 12.6 Å². The molecule has 0 N–H and O–H groups in total. The third-order valence-corrected chi connectivity index (χ3v) is 3.63. The highest BCUT2D eigenvalue weighted by Gasteiger charge is 2.12. The number of pyridine rings is 1. The van der Waals surface area contributed by atoms with Crippen LogP contribution >= 0.6 is 11.3 Å². The molecule has 0 aliphatic heterocycles. The topological polar surface area (TPSA) is 61.3 Å². The van der Waals surface area contributed by atoms with E-state index in [0.29, 0.717) is 16.3 Å². The number of hydrogen-bond acceptors (Lipinski definition) is 6. The molecule has 2 heterocycles. The fourth-order valence-electron chi connectivity index (χ4n) is 1.61. The zero-order chi connectivity index (χ0) is 14.4. The monoisotopic (exact) mass is 292 g/mol. The molecule has 2 rings (SSSR count). The quantitative estimate of drug-likeness (QED) is 0.766. The highest BCUT2D eigenvalue weighted by molar-refractivity contribution is 7.13. The SMILES string of the molecule is CCCc1ncc(C(=O)OCc2cc(OC)ccn2)s1. The van der Waals surface area contributed by atoms with Gasteiger partial charge in [-0.25, -0.2) is 9.78 Å². The predicted octanol–water partition coefficient (Wildman–Crippen LogP) is 2.86. The standard InChI is InChI=1S/C14H16N2O3S/c1-3-4-13-16-8-12(20-13)14(17)19-9-10-7-11(18-2)5-6-15-10/h5-8H,3-4,9H2,1-2H3. The molecule has 0 amide bonds. The molecule has 0 aliphatic carbocycles. The van der Waals surface area contributed by atoms with Crippen molar-refractivity contribution in [2.45, 2.75) is 26.4 Å². The highest BCUT2D eigenvalue weighted by atomic mass is 32.1. The number of aryl methyl sites for hydroxylation is 1. The van der Waals surface area contributed by atoms with Gasteiger partial charge in [0.15, 0.2) is 0 Å². The molecule has 106 valence electrons. The lowest BCUT2D eigenvalue weighted by Gasteiger charge is -2.04. The van der Waals surface area contributed by atoms with E-state index in [1.807, 2.05) is 0 Å². The van der Waals surface area contributed by atoms with Gasteiger partial charge in [0, 0.05) is 12.3 Å². The summed E-state index contributed by atoms with van der Waals surface area (Å²) in [5.74, 6) is 0.323. The van der Waals surface area contributed by atoms with Gasteiger partial charge >= 0.3 is 5.97 Å². The third-order valence-electron chi connectivity index (χ3n) is 2.59. The fraction of sp³-hybridized carbons (Fsp3) is 0.357. The number of rotatable bonds is 6. The minimum absolute atomic E-state index is 0.122. The van der Waals surface area contributed by atoms with E-state index in [9.17, 15) is 4.79 Å². The molecule has 0 unspecified atom stereocenters. The van der Waals surface area contributed by atoms with Gasteiger partial charge in [0.25, 0.3) is 0 Å². The number of esters is 1. The van der Waals surface area contributed by atoms with Crippen molar-refractivity contribution in [3.05, 3.63) is 40.1 Å². The molecule has 0 aliphatic rings. The van der Waals surface area contributed by atoms with Crippen molar-refractivity contribution in [1.29, 1.82) is 0 Å². The van der Waals surface area contributed by atoms with Crippen molar-refractivity contribution >= 4 is 17.3 Å². The second-order valence-electron chi connectivity index (χ2n) is 4.13. The Labute approximate surface area is 121 Å². The fourth-order valence-corrected chi connectivity index (χ4v) is 2.52. The van der Waals surface area contributed by atoms with Gasteiger partial charge in [0.05, 0.1) is 24.0 Å². The maximum Gasteiger partial charge on any atom is 0.350 e. The minimum atomic E-state index is -0.366. The molecule has 2 aromatic heterocycles. The summed E-state index contributed by atoms with van der Waals surface area (Å²) < 4.78 is 10.3. The van der Waals surface area contributed by atoms with Gasteiger partial charge in [-0.05, 0) is 18.9 Å². The summed E-state index contributed by atoms with van der Waals surface area (Å²) in [5.41, 5.74) is 0.649. The van der Waals surface area contributed by atoms with Gasteiger partial charge in [-0.2, -0.15) is 0 Å². The molecule has 0 atom stereocenters. The van der Waals surface area contributed by atoms with Crippen LogP contribution < -0.4 is 4.74 Å². The van der Waals surface area contributed by atoms with Gasteiger partial charge in [-0.15, -0.1) is 11.3 Å². The molecule has 5 nitrogen and oxygen atoms in total. The van der Waals surface area contributed by atoms with Crippen molar-refractivity contribution in [2.75, 3.05) is 7.11 Å². The predicted molar refractivity (Wildman–Crippen MR) is 76.0 cm³/mol. The van der Waals surface area contributed by atoms with E-state index in [0.717, 1.165) is 17.8 Å². The lowest BCUT2D eigenvalue weighted by atomic mass is 10.3. The third kappa shape index (κ3) is 3.77. The number of methoxy groups -OCH3 is 1. The second kappa shape index (κ2) is 7.00. The number of aromatic nitrogens is 2. The largest absolute Gasteiger partial charge is 0.497 e. The van der Waals surface area contributed by atoms with Gasteiger partial charge in [-0.3, -0.25) is 4.98 Å². The molecule has 20 heavy (non-hydrogen) atoms. The van der Waals surface area contributed by atoms with Gasteiger partial charge in [-0.1, -0.05) is 6.92 Å². The lowest BCUT2D eigenvalue weighted by Crippen LogP contribution is -2.04. The van der Waals surface area contributed by atoms with E-state index < -0.39 is 0 Å². The van der Waals surface area contributed by atoms with Crippen LogP contribution in [0.4, 0.5) is 0 Å². The van der Waals surface area contributed by atoms with Crippen LogP contribution in [0, 0.1) is 0 Å². The van der Waals surface area contributed by atoms with Crippen LogP contribution in [0.3, 0.4) is 0 Å². The maximum atomic E-state index is 11.9. The Kier molecular flexibility index (Phi) is 5.06. The smallest absolute Gasteiger partial charge is 0.350 e. The van der Waals surface area contributed by atoms with Crippen LogP contribution in [0.1, 0.15) is 33.7 Å². The summed E-state index contributed by atoms with van der Waals surface area (Å²) in [7, 11) is 1.58. The van der Waals surface area contributed by atoms with Crippen LogP contribution in [-0.2, 0) is 17.8 Å². The molecule has 6 heteroatoms. The average molecular weight is 292 g/mol. The van der Waals surface area contributed by atoms with E-state index in [4.69, 9.17) is 9.47 Å². The van der Waals surface area contributed by atoms with Crippen LogP contribution in [0.15, 0.2) is 24.5 Å².